The maximum Gasteiger partial charge on any atom is 0.407 e. The van der Waals surface area contributed by atoms with Crippen LogP contribution in [0.1, 0.15) is 111 Å². The van der Waals surface area contributed by atoms with E-state index in [9.17, 15) is 19.2 Å². The SMILES string of the molecule is [2H]C([2H])([2H])C([2H])(C([2H])([2H])[2H])[C@]([2H])(NC(=O)OC)C(=O)N1C[C@@H](C)C[C@H]1c1ncc(C#Cc2ccc(C#Cc3cnc([C@@H]4C[C@H](C)CN4C(=O)[C@@H](NC(=O)OC)C(C)C)[nH]3)cc2)[nH]1. The Labute approximate surface area is 327 Å². The second kappa shape index (κ2) is 17.4. The number of rotatable bonds is 8. The van der Waals surface area contributed by atoms with Crippen molar-refractivity contribution in [2.45, 2.75) is 78.4 Å². The molecule has 2 aromatic heterocycles. The molecule has 14 nitrogen and oxygen atoms in total. The highest BCUT2D eigenvalue weighted by Gasteiger charge is 2.41. The summed E-state index contributed by atoms with van der Waals surface area (Å²) in [6.45, 7) is 0.547. The van der Waals surface area contributed by atoms with Gasteiger partial charge in [-0.05, 0) is 72.6 Å². The molecule has 0 unspecified atom stereocenters. The molecule has 4 amide bonds. The topological polar surface area (TPSA) is 175 Å². The Morgan fingerprint density at radius 1 is 0.796 bits per heavy atom. The predicted molar refractivity (Wildman–Crippen MR) is 200 cm³/mol. The number of aromatic amines is 2. The number of methoxy groups -OCH3 is 2. The van der Waals surface area contributed by atoms with Gasteiger partial charge in [-0.25, -0.2) is 19.6 Å². The van der Waals surface area contributed by atoms with Crippen LogP contribution in [0.2, 0.25) is 0 Å². The highest BCUT2D eigenvalue weighted by molar-refractivity contribution is 5.87. The lowest BCUT2D eigenvalue weighted by Crippen LogP contribution is -2.51. The molecule has 5 rings (SSSR count). The zero-order valence-corrected chi connectivity index (χ0v) is 31.0. The van der Waals surface area contributed by atoms with Crippen molar-refractivity contribution in [3.63, 3.8) is 0 Å². The highest BCUT2D eigenvalue weighted by Crippen LogP contribution is 2.36. The van der Waals surface area contributed by atoms with Gasteiger partial charge in [0.25, 0.3) is 0 Å². The molecule has 0 spiro atoms. The van der Waals surface area contributed by atoms with Gasteiger partial charge in [0.15, 0.2) is 0 Å². The number of benzene rings is 1. The van der Waals surface area contributed by atoms with E-state index < -0.39 is 55.8 Å². The second-order valence-electron chi connectivity index (χ2n) is 13.8. The third-order valence-corrected chi connectivity index (χ3v) is 9.22. The van der Waals surface area contributed by atoms with Crippen LogP contribution in [0.4, 0.5) is 9.59 Å². The van der Waals surface area contributed by atoms with Crippen LogP contribution in [0.25, 0.3) is 0 Å². The van der Waals surface area contributed by atoms with Gasteiger partial charge < -0.3 is 39.9 Å². The summed E-state index contributed by atoms with van der Waals surface area (Å²) in [6.07, 6.45) is 1.87. The first-order valence-corrected chi connectivity index (χ1v) is 17.5. The number of amides is 4. The molecule has 2 fully saturated rings. The van der Waals surface area contributed by atoms with Crippen LogP contribution in [0.3, 0.4) is 0 Å². The third kappa shape index (κ3) is 9.42. The van der Waals surface area contributed by atoms with Crippen molar-refractivity contribution in [1.82, 2.24) is 40.4 Å². The summed E-state index contributed by atoms with van der Waals surface area (Å²) in [4.78, 5) is 70.1. The number of alkyl carbamates (subject to hydrolysis) is 2. The number of carbonyl (C=O) groups is 4. The van der Waals surface area contributed by atoms with Gasteiger partial charge in [0.2, 0.25) is 11.8 Å². The quantitative estimate of drug-likeness (QED) is 0.244. The molecule has 3 aromatic rings. The summed E-state index contributed by atoms with van der Waals surface area (Å²) in [5, 5.41) is 4.42. The first-order chi connectivity index (χ1) is 28.9. The molecule has 54 heavy (non-hydrogen) atoms. The minimum Gasteiger partial charge on any atom is -0.453 e. The van der Waals surface area contributed by atoms with E-state index in [1.54, 1.807) is 47.6 Å². The van der Waals surface area contributed by atoms with Crippen LogP contribution in [0.15, 0.2) is 36.7 Å². The lowest BCUT2D eigenvalue weighted by atomic mass is 10.0. The number of carbonyl (C=O) groups excluding carboxylic acids is 4. The maximum absolute atomic E-state index is 14.2. The molecule has 4 N–H and O–H groups in total. The second-order valence-corrected chi connectivity index (χ2v) is 13.8. The number of H-pyrrole nitrogens is 2. The van der Waals surface area contributed by atoms with Gasteiger partial charge >= 0.3 is 12.2 Å². The number of aromatic nitrogens is 4. The molecule has 0 aliphatic carbocycles. The maximum atomic E-state index is 14.2. The Balaban J connectivity index is 1.30. The van der Waals surface area contributed by atoms with Crippen molar-refractivity contribution in [2.24, 2.45) is 23.6 Å². The Bertz CT molecular complexity index is 2260. The summed E-state index contributed by atoms with van der Waals surface area (Å²) in [6, 6.07) is 1.60. The first-order valence-electron chi connectivity index (χ1n) is 21.5. The third-order valence-electron chi connectivity index (χ3n) is 9.22. The van der Waals surface area contributed by atoms with Gasteiger partial charge in [-0.3, -0.25) is 9.59 Å². The van der Waals surface area contributed by atoms with E-state index in [1.165, 1.54) is 13.3 Å². The zero-order chi connectivity index (χ0) is 45.9. The summed E-state index contributed by atoms with van der Waals surface area (Å²) in [7, 11) is 2.14. The van der Waals surface area contributed by atoms with Crippen molar-refractivity contribution < 1.29 is 39.6 Å². The van der Waals surface area contributed by atoms with E-state index in [1.807, 2.05) is 13.8 Å². The number of ether oxygens (including phenoxy) is 2. The molecular formula is C40H50N8O6. The molecule has 2 aliphatic heterocycles. The lowest BCUT2D eigenvalue weighted by Gasteiger charge is -2.30. The van der Waals surface area contributed by atoms with E-state index in [0.717, 1.165) is 12.0 Å². The first kappa shape index (κ1) is 29.7. The molecule has 1 aromatic carbocycles. The molecule has 0 bridgehead atoms. The van der Waals surface area contributed by atoms with Crippen molar-refractivity contribution in [3.05, 3.63) is 70.8 Å². The molecule has 0 radical (unpaired) electrons. The number of likely N-dealkylation sites (tertiary alicyclic amines) is 2. The van der Waals surface area contributed by atoms with Gasteiger partial charge in [0, 0.05) is 33.8 Å². The van der Waals surface area contributed by atoms with E-state index in [0.29, 0.717) is 41.3 Å². The number of imidazole rings is 2. The highest BCUT2D eigenvalue weighted by atomic mass is 16.5. The summed E-state index contributed by atoms with van der Waals surface area (Å²) >= 11 is 0. The molecule has 14 heteroatoms. The average molecular weight is 747 g/mol. The number of hydrogen-bond donors (Lipinski definition) is 4. The molecule has 0 saturated carbocycles. The van der Waals surface area contributed by atoms with Crippen molar-refractivity contribution in [3.8, 4) is 23.7 Å². The molecule has 6 atom stereocenters. The predicted octanol–water partition coefficient (Wildman–Crippen LogP) is 4.51. The number of hydrogen-bond acceptors (Lipinski definition) is 8. The van der Waals surface area contributed by atoms with Crippen molar-refractivity contribution in [1.29, 1.82) is 0 Å². The van der Waals surface area contributed by atoms with E-state index in [2.05, 4.69) is 60.6 Å². The number of nitrogens with zero attached hydrogens (tertiary/aromatic N) is 4. The van der Waals surface area contributed by atoms with Gasteiger partial charge in [0.1, 0.15) is 35.1 Å². The molecule has 4 heterocycles. The summed E-state index contributed by atoms with van der Waals surface area (Å²) in [5.74, 6) is 7.36. The van der Waals surface area contributed by atoms with Crippen molar-refractivity contribution >= 4 is 24.0 Å². The average Bonchev–Trinajstić information content (AvgIpc) is 4.03. The lowest BCUT2D eigenvalue weighted by molar-refractivity contribution is -0.136. The van der Waals surface area contributed by atoms with Crippen LogP contribution in [0.5, 0.6) is 0 Å². The van der Waals surface area contributed by atoms with E-state index in [-0.39, 0.29) is 48.5 Å². The summed E-state index contributed by atoms with van der Waals surface area (Å²) < 4.78 is 74.4. The fraction of sp³-hybridized carbons (Fsp3) is 0.500. The smallest absolute Gasteiger partial charge is 0.407 e. The minimum absolute atomic E-state index is 0.0561. The Hall–Kier alpha value is -5.76. The molecule has 2 aliphatic rings. The van der Waals surface area contributed by atoms with E-state index >= 15 is 0 Å². The molecule has 286 valence electrons. The Kier molecular flexibility index (Phi) is 9.55. The monoisotopic (exact) mass is 746 g/mol. The molecule has 2 saturated heterocycles. The van der Waals surface area contributed by atoms with Gasteiger partial charge in [-0.1, -0.05) is 53.2 Å². The van der Waals surface area contributed by atoms with Crippen LogP contribution in [-0.2, 0) is 19.1 Å². The number of nitrogens with one attached hydrogen (secondary N) is 4. The minimum atomic E-state index is -3.80. The van der Waals surface area contributed by atoms with Crippen LogP contribution in [0, 0.1) is 47.3 Å². The summed E-state index contributed by atoms with van der Waals surface area (Å²) in [5.41, 5.74) is 2.23. The standard InChI is InChI=1S/C40H50N8O6/c1-23(2)33(45-39(51)53-7)37(49)47-21-25(5)17-31(47)35-41-19-29(43-35)15-13-27-9-11-28(12-10-27)14-16-30-20-42-36(44-30)32-18-26(6)22-48(32)38(50)34(24(3)4)46-40(52)54-8/h9-12,19-20,23-26,31-34H,17-18,21-22H2,1-8H3,(H,41,43)(H,42,44)(H,45,51)(H,46,52)/t25-,26-,31-,32-,33-,34-/m0/s1/i1D3,2D3,23D,33D. The zero-order valence-electron chi connectivity index (χ0n) is 39.0. The van der Waals surface area contributed by atoms with Gasteiger partial charge in [-0.15, -0.1) is 0 Å². The van der Waals surface area contributed by atoms with Gasteiger partial charge in [-0.2, -0.15) is 0 Å². The van der Waals surface area contributed by atoms with Crippen molar-refractivity contribution in [2.75, 3.05) is 27.3 Å². The fourth-order valence-corrected chi connectivity index (χ4v) is 6.53. The van der Waals surface area contributed by atoms with E-state index in [4.69, 9.17) is 15.7 Å². The largest absolute Gasteiger partial charge is 0.453 e. The Morgan fingerprint density at radius 3 is 1.70 bits per heavy atom. The van der Waals surface area contributed by atoms with Gasteiger partial charge in [0.05, 0.1) is 40.1 Å². The van der Waals surface area contributed by atoms with Crippen LogP contribution in [-0.4, -0.2) is 93.1 Å². The Morgan fingerprint density at radius 2 is 1.26 bits per heavy atom. The molecular weight excluding hydrogens is 688 g/mol. The van der Waals surface area contributed by atoms with Crippen LogP contribution < -0.4 is 10.6 Å². The van der Waals surface area contributed by atoms with Crippen LogP contribution >= 0.6 is 0 Å². The normalized spacial score (nSPS) is 23.8. The fourth-order valence-electron chi connectivity index (χ4n) is 6.53.